The number of nitrogens with one attached hydrogen (secondary N) is 1. The first-order chi connectivity index (χ1) is 20.6. The summed E-state index contributed by atoms with van der Waals surface area (Å²) in [6.45, 7) is -1.49. The van der Waals surface area contributed by atoms with Crippen LogP contribution in [0.25, 0.3) is 0 Å². The summed E-state index contributed by atoms with van der Waals surface area (Å²) in [7, 11) is 3.37. The molecule has 3 saturated heterocycles. The molecule has 2 bridgehead atoms. The number of carbonyl (C=O) groups excluding carboxylic acids is 2. The Labute approximate surface area is 245 Å². The molecule has 3 aliphatic heterocycles. The maximum absolute atomic E-state index is 15.3. The van der Waals surface area contributed by atoms with Gasteiger partial charge in [0.15, 0.2) is 0 Å². The quantitative estimate of drug-likeness (QED) is 0.395. The Bertz CT molecular complexity index is 1520. The number of fused-ring (bicyclic) bond motifs is 2. The van der Waals surface area contributed by atoms with E-state index in [2.05, 4.69) is 26.9 Å². The lowest BCUT2D eigenvalue weighted by molar-refractivity contribution is -0.118. The Morgan fingerprint density at radius 3 is 2.28 bits per heavy atom. The van der Waals surface area contributed by atoms with Crippen LogP contribution in [0.2, 0.25) is 0 Å². The van der Waals surface area contributed by atoms with Gasteiger partial charge < -0.3 is 19.7 Å². The van der Waals surface area contributed by atoms with Crippen molar-refractivity contribution in [3.05, 3.63) is 77.4 Å². The van der Waals surface area contributed by atoms with Gasteiger partial charge in [-0.15, -0.1) is 0 Å². The Morgan fingerprint density at radius 1 is 0.977 bits per heavy atom. The van der Waals surface area contributed by atoms with Crippen LogP contribution < -0.4 is 24.6 Å². The number of anilines is 2. The molecule has 2 amide bonds. The molecule has 3 aromatic rings. The second-order valence-electron chi connectivity index (χ2n) is 10.9. The van der Waals surface area contributed by atoms with Gasteiger partial charge in [-0.05, 0) is 49.9 Å². The molecular formula is C30H29F4N5O4. The zero-order chi connectivity index (χ0) is 30.4. The molecule has 0 radical (unpaired) electrons. The fraction of sp³-hybridized carbons (Fsp3) is 0.367. The number of piperazine rings is 1. The average Bonchev–Trinajstić information content (AvgIpc) is 3.65. The van der Waals surface area contributed by atoms with Crippen LogP contribution in [0.15, 0.2) is 54.6 Å². The normalized spacial score (nSPS) is 23.4. The van der Waals surface area contributed by atoms with E-state index in [0.29, 0.717) is 23.7 Å². The monoisotopic (exact) mass is 599 g/mol. The zero-order valence-electron chi connectivity index (χ0n) is 23.3. The van der Waals surface area contributed by atoms with E-state index < -0.39 is 42.0 Å². The third kappa shape index (κ3) is 5.44. The summed E-state index contributed by atoms with van der Waals surface area (Å²) in [5.41, 5.74) is -0.338. The third-order valence-corrected chi connectivity index (χ3v) is 8.41. The number of pyridine rings is 1. The van der Waals surface area contributed by atoms with Crippen molar-refractivity contribution in [3.8, 4) is 11.5 Å². The number of halogens is 4. The summed E-state index contributed by atoms with van der Waals surface area (Å²) >= 11 is 0. The van der Waals surface area contributed by atoms with Crippen molar-refractivity contribution in [1.29, 1.82) is 0 Å². The number of hydrogen-bond acceptors (Lipinski definition) is 7. The smallest absolute Gasteiger partial charge is 0.387 e. The van der Waals surface area contributed by atoms with Gasteiger partial charge in [0.2, 0.25) is 0 Å². The highest BCUT2D eigenvalue weighted by molar-refractivity contribution is 6.04. The van der Waals surface area contributed by atoms with Gasteiger partial charge in [-0.3, -0.25) is 19.4 Å². The maximum Gasteiger partial charge on any atom is 0.387 e. The molecule has 9 nitrogen and oxygen atoms in total. The number of methoxy groups -OCH3 is 1. The summed E-state index contributed by atoms with van der Waals surface area (Å²) in [6, 6.07) is 11.6. The van der Waals surface area contributed by atoms with Gasteiger partial charge in [0.25, 0.3) is 11.8 Å². The molecule has 43 heavy (non-hydrogen) atoms. The van der Waals surface area contributed by atoms with E-state index in [1.54, 1.807) is 12.1 Å². The fourth-order valence-electron chi connectivity index (χ4n) is 6.27. The summed E-state index contributed by atoms with van der Waals surface area (Å²) in [5, 5.41) is 2.61. The van der Waals surface area contributed by atoms with Crippen molar-refractivity contribution in [2.45, 2.75) is 37.1 Å². The van der Waals surface area contributed by atoms with Gasteiger partial charge in [-0.1, -0.05) is 6.07 Å². The van der Waals surface area contributed by atoms with Crippen molar-refractivity contribution < 1.29 is 36.6 Å². The van der Waals surface area contributed by atoms with Gasteiger partial charge in [0, 0.05) is 60.9 Å². The molecule has 2 aromatic carbocycles. The highest BCUT2D eigenvalue weighted by atomic mass is 19.3. The average molecular weight is 600 g/mol. The first kappa shape index (κ1) is 28.7. The predicted molar refractivity (Wildman–Crippen MR) is 149 cm³/mol. The summed E-state index contributed by atoms with van der Waals surface area (Å²) in [6.07, 6.45) is 1.02. The van der Waals surface area contributed by atoms with Gasteiger partial charge in [0.05, 0.1) is 7.11 Å². The number of amides is 2. The van der Waals surface area contributed by atoms with Crippen LogP contribution >= 0.6 is 0 Å². The van der Waals surface area contributed by atoms with E-state index >= 15 is 8.78 Å². The number of rotatable bonds is 8. The highest BCUT2D eigenvalue weighted by Gasteiger charge is 2.46. The Balaban J connectivity index is 1.31. The molecule has 0 saturated carbocycles. The van der Waals surface area contributed by atoms with E-state index in [0.717, 1.165) is 31.6 Å². The molecule has 226 valence electrons. The number of ether oxygens (including phenoxy) is 2. The molecule has 1 unspecified atom stereocenters. The van der Waals surface area contributed by atoms with Crippen LogP contribution in [0, 0.1) is 11.6 Å². The number of aromatic nitrogens is 1. The summed E-state index contributed by atoms with van der Waals surface area (Å²) in [5.74, 6) is -3.51. The second kappa shape index (κ2) is 11.4. The van der Waals surface area contributed by atoms with Crippen molar-refractivity contribution in [3.63, 3.8) is 0 Å². The fourth-order valence-corrected chi connectivity index (χ4v) is 6.27. The predicted octanol–water partition coefficient (Wildman–Crippen LogP) is 3.79. The minimum absolute atomic E-state index is 0.0356. The van der Waals surface area contributed by atoms with E-state index in [-0.39, 0.29) is 29.2 Å². The third-order valence-electron chi connectivity index (χ3n) is 8.41. The minimum Gasteiger partial charge on any atom is -0.497 e. The number of likely N-dealkylation sites (N-methyl/N-ethyl adjacent to an activating group) is 1. The van der Waals surface area contributed by atoms with Crippen molar-refractivity contribution in [2.24, 2.45) is 0 Å². The topological polar surface area (TPSA) is 87.2 Å². The molecule has 13 heteroatoms. The van der Waals surface area contributed by atoms with Crippen molar-refractivity contribution in [2.75, 3.05) is 43.6 Å². The number of nitrogens with zero attached hydrogens (tertiary/aromatic N) is 4. The molecule has 3 aliphatic rings. The number of likely N-dealkylation sites (tertiary alicyclic amines) is 1. The van der Waals surface area contributed by atoms with Crippen LogP contribution in [0.1, 0.15) is 28.3 Å². The van der Waals surface area contributed by atoms with E-state index in [9.17, 15) is 18.4 Å². The van der Waals surface area contributed by atoms with Crippen LogP contribution in [0.5, 0.6) is 11.5 Å². The molecule has 0 spiro atoms. The molecule has 1 aromatic heterocycles. The molecule has 0 aliphatic carbocycles. The lowest BCUT2D eigenvalue weighted by Crippen LogP contribution is -2.45. The number of benzene rings is 2. The van der Waals surface area contributed by atoms with Crippen LogP contribution in [-0.2, 0) is 4.79 Å². The maximum atomic E-state index is 15.3. The molecule has 1 N–H and O–H groups in total. The van der Waals surface area contributed by atoms with Gasteiger partial charge >= 0.3 is 6.61 Å². The Kier molecular flexibility index (Phi) is 7.59. The lowest BCUT2D eigenvalue weighted by atomic mass is 9.92. The number of alkyl halides is 2. The van der Waals surface area contributed by atoms with E-state index in [1.165, 1.54) is 36.3 Å². The van der Waals surface area contributed by atoms with Crippen LogP contribution in [0.3, 0.4) is 0 Å². The van der Waals surface area contributed by atoms with Crippen molar-refractivity contribution in [1.82, 2.24) is 15.2 Å². The molecule has 4 heterocycles. The standard InChI is InChI=1S/C30H29F4N5O4/c1-37-13-18-10-17(37)14-38(18)24-4-3-5-25(35-24)39-15-21(26-22(31)11-20(42-2)12-23(26)32)27(29(39)41)36-28(40)16-6-8-19(9-7-16)43-30(33)34/h3-9,11-12,17-18,21,27,30H,10,13-15H2,1-2H3,(H,36,40)/t17-,18-,21-,27?/m0/s1. The number of hydrogen-bond donors (Lipinski definition) is 1. The summed E-state index contributed by atoms with van der Waals surface area (Å²) < 4.78 is 65.0. The van der Waals surface area contributed by atoms with Crippen LogP contribution in [0.4, 0.5) is 29.2 Å². The zero-order valence-corrected chi connectivity index (χ0v) is 23.3. The SMILES string of the molecule is COc1cc(F)c([C@@H]2CN(c3cccc(N4C[C@@H]5C[C@H]4CN5C)n3)C(=O)C2NC(=O)c2ccc(OC(F)F)cc2)c(F)c1. The van der Waals surface area contributed by atoms with Gasteiger partial charge in [-0.2, -0.15) is 8.78 Å². The largest absolute Gasteiger partial charge is 0.497 e. The number of carbonyl (C=O) groups is 2. The molecule has 4 atom stereocenters. The minimum atomic E-state index is -3.04. The first-order valence-electron chi connectivity index (χ1n) is 13.8. The molecular weight excluding hydrogens is 570 g/mol. The van der Waals surface area contributed by atoms with E-state index in [1.807, 2.05) is 6.07 Å². The van der Waals surface area contributed by atoms with E-state index in [4.69, 9.17) is 9.72 Å². The Morgan fingerprint density at radius 2 is 1.67 bits per heavy atom. The lowest BCUT2D eigenvalue weighted by Gasteiger charge is -2.33. The van der Waals surface area contributed by atoms with Gasteiger partial charge in [0.1, 0.15) is 40.8 Å². The second-order valence-corrected chi connectivity index (χ2v) is 10.9. The van der Waals surface area contributed by atoms with Gasteiger partial charge in [-0.25, -0.2) is 13.8 Å². The molecule has 3 fully saturated rings. The summed E-state index contributed by atoms with van der Waals surface area (Å²) in [4.78, 5) is 37.6. The van der Waals surface area contributed by atoms with Crippen molar-refractivity contribution >= 4 is 23.5 Å². The van der Waals surface area contributed by atoms with Crippen LogP contribution in [-0.4, -0.2) is 80.2 Å². The first-order valence-corrected chi connectivity index (χ1v) is 13.8. The molecule has 6 rings (SSSR count). The highest BCUT2D eigenvalue weighted by Crippen LogP contribution is 2.38. The Hall–Kier alpha value is -4.39.